The molecule has 0 aliphatic carbocycles. The molecule has 2 rings (SSSR count). The second-order valence-electron chi connectivity index (χ2n) is 2.97. The van der Waals surface area contributed by atoms with E-state index in [1.54, 1.807) is 6.92 Å². The maximum Gasteiger partial charge on any atom is 0.254 e. The summed E-state index contributed by atoms with van der Waals surface area (Å²) in [5.41, 5.74) is 7.21. The van der Waals surface area contributed by atoms with Crippen molar-refractivity contribution in [3.8, 4) is 0 Å². The first-order valence-electron chi connectivity index (χ1n) is 4.24. The standard InChI is InChI=1S/C8H10FN5/c1-5-6(2-3-9)7(10)14-8(13-5)11-4-12-14/h4H,2-3,10H2,1H3. The third-order valence-electron chi connectivity index (χ3n) is 2.12. The first-order chi connectivity index (χ1) is 6.74. The van der Waals surface area contributed by atoms with Crippen LogP contribution >= 0.6 is 0 Å². The molecule has 0 unspecified atom stereocenters. The first kappa shape index (κ1) is 8.86. The van der Waals surface area contributed by atoms with Gasteiger partial charge in [-0.25, -0.2) is 4.98 Å². The molecule has 2 aromatic heterocycles. The van der Waals surface area contributed by atoms with E-state index >= 15 is 0 Å². The van der Waals surface area contributed by atoms with Gasteiger partial charge >= 0.3 is 0 Å². The molecule has 0 aliphatic rings. The first-order valence-corrected chi connectivity index (χ1v) is 4.24. The lowest BCUT2D eigenvalue weighted by atomic mass is 10.2. The monoisotopic (exact) mass is 195 g/mol. The molecule has 6 heteroatoms. The number of nitrogens with zero attached hydrogens (tertiary/aromatic N) is 4. The van der Waals surface area contributed by atoms with Crippen molar-refractivity contribution in [3.05, 3.63) is 17.6 Å². The quantitative estimate of drug-likeness (QED) is 0.758. The highest BCUT2D eigenvalue weighted by Crippen LogP contribution is 2.16. The fourth-order valence-corrected chi connectivity index (χ4v) is 1.42. The number of aryl methyl sites for hydroxylation is 1. The van der Waals surface area contributed by atoms with Gasteiger partial charge in [-0.05, 0) is 6.92 Å². The number of anilines is 1. The van der Waals surface area contributed by atoms with Crippen molar-refractivity contribution >= 4 is 11.6 Å². The Kier molecular flexibility index (Phi) is 2.03. The van der Waals surface area contributed by atoms with E-state index in [0.717, 1.165) is 0 Å². The predicted octanol–water partition coefficient (Wildman–Crippen LogP) is 0.527. The number of halogens is 1. The molecule has 0 atom stereocenters. The molecule has 0 aliphatic heterocycles. The van der Waals surface area contributed by atoms with E-state index in [9.17, 15) is 4.39 Å². The summed E-state index contributed by atoms with van der Waals surface area (Å²) in [6, 6.07) is 0. The van der Waals surface area contributed by atoms with Gasteiger partial charge in [0.15, 0.2) is 0 Å². The Bertz CT molecular complexity index is 464. The van der Waals surface area contributed by atoms with E-state index in [4.69, 9.17) is 5.73 Å². The maximum absolute atomic E-state index is 12.2. The fourth-order valence-electron chi connectivity index (χ4n) is 1.42. The topological polar surface area (TPSA) is 69.1 Å². The van der Waals surface area contributed by atoms with Gasteiger partial charge < -0.3 is 5.73 Å². The number of alkyl halides is 1. The molecule has 0 spiro atoms. The van der Waals surface area contributed by atoms with Crippen molar-refractivity contribution in [1.82, 2.24) is 19.6 Å². The number of rotatable bonds is 2. The van der Waals surface area contributed by atoms with Gasteiger partial charge in [0, 0.05) is 17.7 Å². The van der Waals surface area contributed by atoms with Crippen LogP contribution < -0.4 is 5.73 Å². The van der Waals surface area contributed by atoms with Gasteiger partial charge in [-0.15, -0.1) is 0 Å². The average molecular weight is 195 g/mol. The van der Waals surface area contributed by atoms with Crippen LogP contribution in [0.1, 0.15) is 11.3 Å². The number of hydrogen-bond acceptors (Lipinski definition) is 4. The Labute approximate surface area is 79.8 Å². The summed E-state index contributed by atoms with van der Waals surface area (Å²) in [4.78, 5) is 8.07. The summed E-state index contributed by atoms with van der Waals surface area (Å²) in [5, 5.41) is 3.90. The Hall–Kier alpha value is -1.72. The predicted molar refractivity (Wildman–Crippen MR) is 49.6 cm³/mol. The molecule has 2 heterocycles. The van der Waals surface area contributed by atoms with Gasteiger partial charge in [0.1, 0.15) is 12.1 Å². The van der Waals surface area contributed by atoms with E-state index in [1.807, 2.05) is 0 Å². The van der Waals surface area contributed by atoms with Crippen LogP contribution in [0.25, 0.3) is 5.78 Å². The minimum Gasteiger partial charge on any atom is -0.383 e. The van der Waals surface area contributed by atoms with Crippen LogP contribution in [0, 0.1) is 6.92 Å². The zero-order valence-electron chi connectivity index (χ0n) is 7.74. The summed E-state index contributed by atoms with van der Waals surface area (Å²) < 4.78 is 13.7. The highest BCUT2D eigenvalue weighted by Gasteiger charge is 2.10. The third-order valence-corrected chi connectivity index (χ3v) is 2.12. The Morgan fingerprint density at radius 3 is 3.07 bits per heavy atom. The van der Waals surface area contributed by atoms with Gasteiger partial charge in [-0.3, -0.25) is 4.39 Å². The van der Waals surface area contributed by atoms with Crippen molar-refractivity contribution < 1.29 is 4.39 Å². The molecule has 5 nitrogen and oxygen atoms in total. The molecule has 0 amide bonds. The Balaban J connectivity index is 2.69. The molecule has 14 heavy (non-hydrogen) atoms. The van der Waals surface area contributed by atoms with Crippen molar-refractivity contribution in [2.24, 2.45) is 0 Å². The van der Waals surface area contributed by atoms with Crippen LogP contribution in [0.3, 0.4) is 0 Å². The lowest BCUT2D eigenvalue weighted by Crippen LogP contribution is -2.08. The van der Waals surface area contributed by atoms with Crippen LogP contribution in [-0.2, 0) is 6.42 Å². The molecular formula is C8H10FN5. The lowest BCUT2D eigenvalue weighted by molar-refractivity contribution is 0.494. The summed E-state index contributed by atoms with van der Waals surface area (Å²) in [6.07, 6.45) is 1.64. The summed E-state index contributed by atoms with van der Waals surface area (Å²) in [7, 11) is 0. The second-order valence-corrected chi connectivity index (χ2v) is 2.97. The largest absolute Gasteiger partial charge is 0.383 e. The Morgan fingerprint density at radius 1 is 1.57 bits per heavy atom. The van der Waals surface area contributed by atoms with Crippen LogP contribution in [0.15, 0.2) is 6.33 Å². The number of nitrogens with two attached hydrogens (primary N) is 1. The number of hydrogen-bond donors (Lipinski definition) is 1. The SMILES string of the molecule is Cc1nc2ncnn2c(N)c1CCF. The minimum absolute atomic E-state index is 0.264. The molecule has 0 aromatic carbocycles. The zero-order chi connectivity index (χ0) is 10.1. The summed E-state index contributed by atoms with van der Waals surface area (Å²) >= 11 is 0. The van der Waals surface area contributed by atoms with Gasteiger partial charge in [0.25, 0.3) is 5.78 Å². The van der Waals surface area contributed by atoms with Crippen molar-refractivity contribution in [2.45, 2.75) is 13.3 Å². The minimum atomic E-state index is -0.451. The molecule has 0 radical (unpaired) electrons. The average Bonchev–Trinajstić information content (AvgIpc) is 2.60. The number of nitrogen functional groups attached to an aromatic ring is 1. The van der Waals surface area contributed by atoms with E-state index in [0.29, 0.717) is 22.9 Å². The van der Waals surface area contributed by atoms with Gasteiger partial charge in [-0.1, -0.05) is 0 Å². The van der Waals surface area contributed by atoms with Gasteiger partial charge in [0.2, 0.25) is 0 Å². The van der Waals surface area contributed by atoms with E-state index < -0.39 is 6.67 Å². The normalized spacial score (nSPS) is 11.0. The fraction of sp³-hybridized carbons (Fsp3) is 0.375. The summed E-state index contributed by atoms with van der Waals surface area (Å²) in [6.45, 7) is 1.34. The van der Waals surface area contributed by atoms with Crippen LogP contribution in [-0.4, -0.2) is 26.3 Å². The maximum atomic E-state index is 12.2. The van der Waals surface area contributed by atoms with Crippen LogP contribution in [0.4, 0.5) is 10.2 Å². The van der Waals surface area contributed by atoms with E-state index in [-0.39, 0.29) is 6.42 Å². The molecule has 2 N–H and O–H groups in total. The molecular weight excluding hydrogens is 185 g/mol. The van der Waals surface area contributed by atoms with Crippen molar-refractivity contribution in [3.63, 3.8) is 0 Å². The summed E-state index contributed by atoms with van der Waals surface area (Å²) in [5.74, 6) is 0.866. The third kappa shape index (κ3) is 1.19. The highest BCUT2D eigenvalue weighted by atomic mass is 19.1. The van der Waals surface area contributed by atoms with Crippen LogP contribution in [0.2, 0.25) is 0 Å². The second kappa shape index (κ2) is 3.21. The number of aromatic nitrogens is 4. The molecule has 0 bridgehead atoms. The Morgan fingerprint density at radius 2 is 2.36 bits per heavy atom. The van der Waals surface area contributed by atoms with E-state index in [2.05, 4.69) is 15.1 Å². The van der Waals surface area contributed by atoms with Crippen molar-refractivity contribution in [1.29, 1.82) is 0 Å². The molecule has 2 aromatic rings. The van der Waals surface area contributed by atoms with E-state index in [1.165, 1.54) is 10.8 Å². The molecule has 0 saturated heterocycles. The van der Waals surface area contributed by atoms with Crippen molar-refractivity contribution in [2.75, 3.05) is 12.4 Å². The smallest absolute Gasteiger partial charge is 0.254 e. The zero-order valence-corrected chi connectivity index (χ0v) is 7.74. The van der Waals surface area contributed by atoms with Gasteiger partial charge in [0.05, 0.1) is 6.67 Å². The molecule has 0 saturated carbocycles. The number of fused-ring (bicyclic) bond motifs is 1. The van der Waals surface area contributed by atoms with Crippen LogP contribution in [0.5, 0.6) is 0 Å². The highest BCUT2D eigenvalue weighted by molar-refractivity contribution is 5.49. The lowest BCUT2D eigenvalue weighted by Gasteiger charge is -2.07. The molecule has 74 valence electrons. The molecule has 0 fully saturated rings. The van der Waals surface area contributed by atoms with Gasteiger partial charge in [-0.2, -0.15) is 14.6 Å².